The summed E-state index contributed by atoms with van der Waals surface area (Å²) in [7, 11) is 0. The second kappa shape index (κ2) is 11.1. The highest BCUT2D eigenvalue weighted by Crippen LogP contribution is 2.15. The molecule has 7 nitrogen and oxygen atoms in total. The molecule has 0 heterocycles. The number of carbonyl (C=O) groups is 2. The number of ether oxygens (including phenoxy) is 3. The average Bonchev–Trinajstić information content (AvgIpc) is 2.61. The summed E-state index contributed by atoms with van der Waals surface area (Å²) in [6.07, 6.45) is -0.444. The Balaban J connectivity index is 2.71. The molecule has 1 aromatic rings. The number of rotatable bonds is 9. The van der Waals surface area contributed by atoms with Gasteiger partial charge in [-0.2, -0.15) is 0 Å². The number of nitrogens with zero attached hydrogens (tertiary/aromatic N) is 1. The zero-order valence-electron chi connectivity index (χ0n) is 19.3. The zero-order chi connectivity index (χ0) is 22.9. The predicted molar refractivity (Wildman–Crippen MR) is 117 cm³/mol. The van der Waals surface area contributed by atoms with Crippen molar-refractivity contribution in [1.29, 1.82) is 5.41 Å². The summed E-state index contributed by atoms with van der Waals surface area (Å²) in [5.74, 6) is -0.694. The van der Waals surface area contributed by atoms with Crippen molar-refractivity contribution in [1.82, 2.24) is 4.90 Å². The minimum absolute atomic E-state index is 0.0579. The highest BCUT2D eigenvalue weighted by Gasteiger charge is 2.28. The van der Waals surface area contributed by atoms with Gasteiger partial charge < -0.3 is 19.1 Å². The van der Waals surface area contributed by atoms with Crippen molar-refractivity contribution in [3.8, 4) is 0 Å². The number of hydrogen-bond acceptors (Lipinski definition) is 6. The maximum Gasteiger partial charge on any atom is 0.410 e. The Morgan fingerprint density at radius 2 is 1.63 bits per heavy atom. The molecule has 1 N–H and O–H groups in total. The van der Waals surface area contributed by atoms with Gasteiger partial charge in [0.2, 0.25) is 0 Å². The van der Waals surface area contributed by atoms with Gasteiger partial charge in [0.15, 0.2) is 0 Å². The molecule has 0 aliphatic rings. The van der Waals surface area contributed by atoms with Gasteiger partial charge in [0, 0.05) is 19.0 Å². The van der Waals surface area contributed by atoms with Gasteiger partial charge in [0.05, 0.1) is 12.2 Å². The Hall–Kier alpha value is -2.41. The average molecular weight is 421 g/mol. The van der Waals surface area contributed by atoms with E-state index in [-0.39, 0.29) is 24.3 Å². The van der Waals surface area contributed by atoms with Crippen LogP contribution in [0.3, 0.4) is 0 Å². The Bertz CT molecular complexity index is 705. The first-order valence-electron chi connectivity index (χ1n) is 10.2. The van der Waals surface area contributed by atoms with Crippen LogP contribution in [0.2, 0.25) is 0 Å². The lowest BCUT2D eigenvalue weighted by Crippen LogP contribution is -2.45. The SMILES string of the molecule is C[C@@H](CC(=N)C(=O)OCc1ccccc1)N(CCOC(C)(C)C)C(=O)OC(C)(C)C. The summed E-state index contributed by atoms with van der Waals surface area (Å²) < 4.78 is 16.4. The van der Waals surface area contributed by atoms with Crippen LogP contribution in [0.4, 0.5) is 4.79 Å². The molecule has 1 aromatic carbocycles. The Kier molecular flexibility index (Phi) is 9.49. The van der Waals surface area contributed by atoms with Gasteiger partial charge in [-0.3, -0.25) is 5.41 Å². The third kappa shape index (κ3) is 10.4. The molecule has 0 unspecified atom stereocenters. The fourth-order valence-electron chi connectivity index (χ4n) is 2.56. The zero-order valence-corrected chi connectivity index (χ0v) is 19.3. The third-order valence-corrected chi connectivity index (χ3v) is 3.99. The lowest BCUT2D eigenvalue weighted by molar-refractivity contribution is -0.137. The summed E-state index contributed by atoms with van der Waals surface area (Å²) in [6, 6.07) is 8.85. The lowest BCUT2D eigenvalue weighted by Gasteiger charge is -2.32. The summed E-state index contributed by atoms with van der Waals surface area (Å²) in [5, 5.41) is 8.10. The van der Waals surface area contributed by atoms with Gasteiger partial charge in [-0.1, -0.05) is 30.3 Å². The van der Waals surface area contributed by atoms with Gasteiger partial charge in [-0.15, -0.1) is 0 Å². The maximum absolute atomic E-state index is 12.7. The number of amides is 1. The molecule has 168 valence electrons. The standard InChI is InChI=1S/C23H36N2O5/c1-17(15-19(24)20(26)28-16-18-11-9-8-10-12-18)25(13-14-29-22(2,3)4)21(27)30-23(5,6)7/h8-12,17,24H,13-16H2,1-7H3/t17-/m0/s1. The van der Waals surface area contributed by atoms with Crippen LogP contribution in [0.1, 0.15) is 60.5 Å². The Labute approximate surface area is 180 Å². The van der Waals surface area contributed by atoms with Crippen molar-refractivity contribution in [2.45, 2.75) is 78.7 Å². The fourth-order valence-corrected chi connectivity index (χ4v) is 2.56. The molecule has 0 aliphatic carbocycles. The molecular weight excluding hydrogens is 384 g/mol. The minimum atomic E-state index is -0.694. The maximum atomic E-state index is 12.7. The van der Waals surface area contributed by atoms with Crippen LogP contribution in [0.15, 0.2) is 30.3 Å². The van der Waals surface area contributed by atoms with Crippen molar-refractivity contribution >= 4 is 17.8 Å². The van der Waals surface area contributed by atoms with Gasteiger partial charge in [0.25, 0.3) is 0 Å². The van der Waals surface area contributed by atoms with Crippen molar-refractivity contribution in [2.75, 3.05) is 13.2 Å². The first-order valence-corrected chi connectivity index (χ1v) is 10.2. The highest BCUT2D eigenvalue weighted by atomic mass is 16.6. The van der Waals surface area contributed by atoms with Crippen LogP contribution in [-0.4, -0.2) is 53.1 Å². The molecular formula is C23H36N2O5. The van der Waals surface area contributed by atoms with Crippen LogP contribution < -0.4 is 0 Å². The first kappa shape index (κ1) is 25.6. The van der Waals surface area contributed by atoms with Crippen molar-refractivity contribution in [3.05, 3.63) is 35.9 Å². The smallest absolute Gasteiger partial charge is 0.410 e. The molecule has 0 bridgehead atoms. The second-order valence-corrected chi connectivity index (χ2v) is 9.23. The van der Waals surface area contributed by atoms with E-state index in [9.17, 15) is 9.59 Å². The van der Waals surface area contributed by atoms with Gasteiger partial charge in [-0.25, -0.2) is 9.59 Å². The number of nitrogens with one attached hydrogen (secondary N) is 1. The normalized spacial score (nSPS) is 12.8. The molecule has 1 amide bonds. The summed E-state index contributed by atoms with van der Waals surface area (Å²) in [6.45, 7) is 13.7. The molecule has 0 aliphatic heterocycles. The van der Waals surface area contributed by atoms with Gasteiger partial charge in [0.1, 0.15) is 17.9 Å². The van der Waals surface area contributed by atoms with E-state index < -0.39 is 23.7 Å². The Morgan fingerprint density at radius 1 is 1.03 bits per heavy atom. The molecule has 0 saturated carbocycles. The molecule has 1 atom stereocenters. The molecule has 0 spiro atoms. The van der Waals surface area contributed by atoms with E-state index in [1.54, 1.807) is 27.7 Å². The molecule has 30 heavy (non-hydrogen) atoms. The summed E-state index contributed by atoms with van der Waals surface area (Å²) in [4.78, 5) is 26.4. The van der Waals surface area contributed by atoms with Crippen LogP contribution in [0.25, 0.3) is 0 Å². The minimum Gasteiger partial charge on any atom is -0.456 e. The molecule has 0 saturated heterocycles. The molecule has 0 aromatic heterocycles. The van der Waals surface area contributed by atoms with E-state index in [2.05, 4.69) is 0 Å². The number of carbonyl (C=O) groups excluding carboxylic acids is 2. The van der Waals surface area contributed by atoms with Crippen LogP contribution in [-0.2, 0) is 25.6 Å². The van der Waals surface area contributed by atoms with Crippen LogP contribution in [0, 0.1) is 5.41 Å². The second-order valence-electron chi connectivity index (χ2n) is 9.23. The number of hydrogen-bond donors (Lipinski definition) is 1. The predicted octanol–water partition coefficient (Wildman–Crippen LogP) is 4.58. The van der Waals surface area contributed by atoms with Crippen molar-refractivity contribution < 1.29 is 23.8 Å². The first-order chi connectivity index (χ1) is 13.8. The summed E-state index contributed by atoms with van der Waals surface area (Å²) in [5.41, 5.74) is -0.330. The quantitative estimate of drug-likeness (QED) is 0.466. The number of benzene rings is 1. The molecule has 0 radical (unpaired) electrons. The van der Waals surface area contributed by atoms with E-state index in [4.69, 9.17) is 19.6 Å². The topological polar surface area (TPSA) is 88.9 Å². The van der Waals surface area contributed by atoms with Gasteiger partial charge in [-0.05, 0) is 54.0 Å². The lowest BCUT2D eigenvalue weighted by atomic mass is 10.1. The molecule has 0 fully saturated rings. The van der Waals surface area contributed by atoms with E-state index in [1.807, 2.05) is 51.1 Å². The summed E-state index contributed by atoms with van der Waals surface area (Å²) >= 11 is 0. The van der Waals surface area contributed by atoms with E-state index >= 15 is 0 Å². The number of esters is 1. The van der Waals surface area contributed by atoms with Crippen molar-refractivity contribution in [2.24, 2.45) is 0 Å². The van der Waals surface area contributed by atoms with E-state index in [0.717, 1.165) is 5.56 Å². The highest BCUT2D eigenvalue weighted by molar-refractivity contribution is 6.35. The Morgan fingerprint density at radius 3 is 2.17 bits per heavy atom. The van der Waals surface area contributed by atoms with Gasteiger partial charge >= 0.3 is 12.1 Å². The van der Waals surface area contributed by atoms with Crippen molar-refractivity contribution in [3.63, 3.8) is 0 Å². The third-order valence-electron chi connectivity index (χ3n) is 3.99. The molecule has 7 heteroatoms. The fraction of sp³-hybridized carbons (Fsp3) is 0.609. The largest absolute Gasteiger partial charge is 0.456 e. The van der Waals surface area contributed by atoms with E-state index in [1.165, 1.54) is 4.90 Å². The van der Waals surface area contributed by atoms with Crippen LogP contribution in [0.5, 0.6) is 0 Å². The monoisotopic (exact) mass is 420 g/mol. The van der Waals surface area contributed by atoms with E-state index in [0.29, 0.717) is 13.2 Å². The van der Waals surface area contributed by atoms with Crippen LogP contribution >= 0.6 is 0 Å². The molecule has 1 rings (SSSR count).